The van der Waals surface area contributed by atoms with Crippen molar-refractivity contribution in [2.75, 3.05) is 11.4 Å². The van der Waals surface area contributed by atoms with E-state index in [0.29, 0.717) is 17.0 Å². The lowest BCUT2D eigenvalue weighted by atomic mass is 9.63. The van der Waals surface area contributed by atoms with Crippen molar-refractivity contribution in [3.8, 4) is 0 Å². The summed E-state index contributed by atoms with van der Waals surface area (Å²) in [5.74, 6) is 1.09. The first-order chi connectivity index (χ1) is 15.3. The molecule has 1 N–H and O–H groups in total. The van der Waals surface area contributed by atoms with Gasteiger partial charge >= 0.3 is 6.18 Å². The highest BCUT2D eigenvalue weighted by Gasteiger charge is 2.44. The predicted molar refractivity (Wildman–Crippen MR) is 113 cm³/mol. The Morgan fingerprint density at radius 3 is 2.66 bits per heavy atom. The van der Waals surface area contributed by atoms with Gasteiger partial charge in [-0.3, -0.25) is 4.79 Å². The maximum absolute atomic E-state index is 13.1. The molecular weight excluding hydrogens is 417 g/mol. The van der Waals surface area contributed by atoms with Crippen molar-refractivity contribution in [2.24, 2.45) is 5.92 Å². The van der Waals surface area contributed by atoms with Crippen LogP contribution in [-0.4, -0.2) is 27.4 Å². The fourth-order valence-corrected chi connectivity index (χ4v) is 5.15. The molecule has 0 bridgehead atoms. The Hall–Kier alpha value is -2.90. The molecule has 0 saturated heterocycles. The normalized spacial score (nSPS) is 20.2. The van der Waals surface area contributed by atoms with Crippen molar-refractivity contribution >= 4 is 22.8 Å². The van der Waals surface area contributed by atoms with Crippen LogP contribution in [-0.2, 0) is 22.8 Å². The van der Waals surface area contributed by atoms with Gasteiger partial charge in [-0.15, -0.1) is 0 Å². The minimum Gasteiger partial charge on any atom is -0.340 e. The van der Waals surface area contributed by atoms with E-state index in [4.69, 9.17) is 0 Å². The molecular formula is C24H23F3N4O. The predicted octanol–water partition coefficient (Wildman–Crippen LogP) is 5.14. The van der Waals surface area contributed by atoms with Crippen LogP contribution in [0.2, 0.25) is 0 Å². The second-order valence-corrected chi connectivity index (χ2v) is 9.33. The van der Waals surface area contributed by atoms with Gasteiger partial charge in [0.2, 0.25) is 5.91 Å². The summed E-state index contributed by atoms with van der Waals surface area (Å²) >= 11 is 0. The second kappa shape index (κ2) is 6.80. The number of aryl methyl sites for hydroxylation is 1. The van der Waals surface area contributed by atoms with Crippen molar-refractivity contribution in [3.05, 3.63) is 53.0 Å². The zero-order valence-corrected chi connectivity index (χ0v) is 17.5. The molecule has 0 radical (unpaired) electrons. The van der Waals surface area contributed by atoms with Gasteiger partial charge in [-0.2, -0.15) is 13.2 Å². The van der Waals surface area contributed by atoms with Crippen LogP contribution in [0.25, 0.3) is 11.2 Å². The fraction of sp³-hybridized carbons (Fsp3) is 0.458. The number of hydrogen-bond donors (Lipinski definition) is 1. The maximum Gasteiger partial charge on any atom is 0.417 e. The topological polar surface area (TPSA) is 61.9 Å². The van der Waals surface area contributed by atoms with E-state index >= 15 is 0 Å². The number of aromatic amines is 1. The number of imidazole rings is 1. The van der Waals surface area contributed by atoms with Gasteiger partial charge in [0.1, 0.15) is 5.82 Å². The first-order valence-corrected chi connectivity index (χ1v) is 11.2. The third-order valence-corrected chi connectivity index (χ3v) is 7.27. The fourth-order valence-electron chi connectivity index (χ4n) is 5.15. The number of pyridine rings is 1. The number of nitrogens with zero attached hydrogens (tertiary/aromatic N) is 3. The van der Waals surface area contributed by atoms with Crippen LogP contribution in [0.15, 0.2) is 30.5 Å². The number of halogens is 3. The summed E-state index contributed by atoms with van der Waals surface area (Å²) in [5.41, 5.74) is 2.76. The molecule has 3 aromatic rings. The van der Waals surface area contributed by atoms with Crippen molar-refractivity contribution in [2.45, 2.75) is 56.5 Å². The van der Waals surface area contributed by atoms with Crippen LogP contribution in [0.1, 0.15) is 61.0 Å². The lowest BCUT2D eigenvalue weighted by Gasteiger charge is -2.41. The van der Waals surface area contributed by atoms with Crippen LogP contribution in [0, 0.1) is 5.92 Å². The summed E-state index contributed by atoms with van der Waals surface area (Å²) in [6.45, 7) is 0.767. The highest BCUT2D eigenvalue weighted by Crippen LogP contribution is 2.49. The SMILES string of the molecule is O=C(C1CC1)N1CCCc2cc(C3(c4nc5ncc(C(F)(F)F)cc5[nH]4)CCC3)ccc21. The van der Waals surface area contributed by atoms with Crippen LogP contribution in [0.3, 0.4) is 0 Å². The Balaban J connectivity index is 1.38. The monoisotopic (exact) mass is 440 g/mol. The first-order valence-electron chi connectivity index (χ1n) is 11.2. The Morgan fingerprint density at radius 2 is 1.97 bits per heavy atom. The number of anilines is 1. The van der Waals surface area contributed by atoms with Crippen molar-refractivity contribution in [1.29, 1.82) is 0 Å². The van der Waals surface area contributed by atoms with E-state index in [-0.39, 0.29) is 17.2 Å². The van der Waals surface area contributed by atoms with Crippen LogP contribution in [0.5, 0.6) is 0 Å². The zero-order valence-electron chi connectivity index (χ0n) is 17.5. The second-order valence-electron chi connectivity index (χ2n) is 9.33. The molecule has 0 spiro atoms. The average Bonchev–Trinajstić information content (AvgIpc) is 3.50. The smallest absolute Gasteiger partial charge is 0.340 e. The standard InChI is InChI=1S/C24H23F3N4O/c25-24(26,27)17-12-18-20(28-13-17)30-22(29-18)23(8-2-9-23)16-6-7-19-15(11-16)3-1-10-31(19)21(32)14-4-5-14/h6-7,11-14H,1-5,8-10H2,(H,28,29,30). The zero-order chi connectivity index (χ0) is 22.1. The Kier molecular flexibility index (Phi) is 4.20. The molecule has 1 aromatic carbocycles. The lowest BCUT2D eigenvalue weighted by molar-refractivity contribution is -0.137. The van der Waals surface area contributed by atoms with Gasteiger partial charge in [-0.1, -0.05) is 18.6 Å². The molecule has 166 valence electrons. The van der Waals surface area contributed by atoms with Gasteiger partial charge in [0.15, 0.2) is 5.65 Å². The molecule has 1 aliphatic heterocycles. The van der Waals surface area contributed by atoms with E-state index in [1.807, 2.05) is 11.0 Å². The minimum atomic E-state index is -4.44. The molecule has 2 fully saturated rings. The Bertz CT molecular complexity index is 1220. The number of amides is 1. The first kappa shape index (κ1) is 19.8. The Morgan fingerprint density at radius 1 is 1.16 bits per heavy atom. The lowest BCUT2D eigenvalue weighted by Crippen LogP contribution is -2.38. The van der Waals surface area contributed by atoms with Gasteiger partial charge in [-0.05, 0) is 61.8 Å². The molecule has 0 atom stereocenters. The van der Waals surface area contributed by atoms with Gasteiger partial charge in [0.05, 0.1) is 16.5 Å². The van der Waals surface area contributed by atoms with E-state index < -0.39 is 11.7 Å². The number of H-pyrrole nitrogens is 1. The van der Waals surface area contributed by atoms with Gasteiger partial charge in [0, 0.05) is 24.3 Å². The summed E-state index contributed by atoms with van der Waals surface area (Å²) in [6.07, 6.45) is 3.02. The highest BCUT2D eigenvalue weighted by molar-refractivity contribution is 5.97. The van der Waals surface area contributed by atoms with E-state index in [1.165, 1.54) is 5.56 Å². The molecule has 6 rings (SSSR count). The molecule has 2 aliphatic carbocycles. The third kappa shape index (κ3) is 3.03. The molecule has 2 aromatic heterocycles. The largest absolute Gasteiger partial charge is 0.417 e. The number of hydrogen-bond acceptors (Lipinski definition) is 3. The van der Waals surface area contributed by atoms with Gasteiger partial charge in [0.25, 0.3) is 0 Å². The average molecular weight is 440 g/mol. The van der Waals surface area contributed by atoms with Crippen LogP contribution < -0.4 is 4.90 Å². The molecule has 1 amide bonds. The molecule has 3 heterocycles. The summed E-state index contributed by atoms with van der Waals surface area (Å²) in [4.78, 5) is 26.3. The number of alkyl halides is 3. The quantitative estimate of drug-likeness (QED) is 0.614. The van der Waals surface area contributed by atoms with E-state index in [0.717, 1.165) is 75.0 Å². The summed E-state index contributed by atoms with van der Waals surface area (Å²) < 4.78 is 39.3. The molecule has 2 saturated carbocycles. The van der Waals surface area contributed by atoms with Crippen LogP contribution in [0.4, 0.5) is 18.9 Å². The minimum absolute atomic E-state index is 0.184. The van der Waals surface area contributed by atoms with E-state index in [1.54, 1.807) is 0 Å². The number of carbonyl (C=O) groups is 1. The van der Waals surface area contributed by atoms with Gasteiger partial charge in [-0.25, -0.2) is 9.97 Å². The number of carbonyl (C=O) groups excluding carboxylic acids is 1. The van der Waals surface area contributed by atoms with Crippen molar-refractivity contribution in [3.63, 3.8) is 0 Å². The maximum atomic E-state index is 13.1. The number of nitrogens with one attached hydrogen (secondary N) is 1. The molecule has 5 nitrogen and oxygen atoms in total. The highest BCUT2D eigenvalue weighted by atomic mass is 19.4. The number of rotatable bonds is 3. The Labute approximate surface area is 183 Å². The van der Waals surface area contributed by atoms with Crippen molar-refractivity contribution < 1.29 is 18.0 Å². The number of aromatic nitrogens is 3. The van der Waals surface area contributed by atoms with E-state index in [2.05, 4.69) is 27.1 Å². The summed E-state index contributed by atoms with van der Waals surface area (Å²) in [5, 5.41) is 0. The molecule has 32 heavy (non-hydrogen) atoms. The van der Waals surface area contributed by atoms with Crippen molar-refractivity contribution in [1.82, 2.24) is 15.0 Å². The van der Waals surface area contributed by atoms with Gasteiger partial charge < -0.3 is 9.88 Å². The number of fused-ring (bicyclic) bond motifs is 2. The number of benzene rings is 1. The molecule has 8 heteroatoms. The molecule has 3 aliphatic rings. The molecule has 0 unspecified atom stereocenters. The third-order valence-electron chi connectivity index (χ3n) is 7.27. The van der Waals surface area contributed by atoms with Crippen LogP contribution >= 0.6 is 0 Å². The summed E-state index contributed by atoms with van der Waals surface area (Å²) in [6, 6.07) is 7.38. The summed E-state index contributed by atoms with van der Waals surface area (Å²) in [7, 11) is 0. The van der Waals surface area contributed by atoms with E-state index in [9.17, 15) is 18.0 Å².